The highest BCUT2D eigenvalue weighted by Crippen LogP contribution is 2.31. The summed E-state index contributed by atoms with van der Waals surface area (Å²) in [5, 5.41) is 0. The van der Waals surface area contributed by atoms with E-state index in [2.05, 4.69) is 4.98 Å². The largest absolute Gasteiger partial charge is 0.323 e. The summed E-state index contributed by atoms with van der Waals surface area (Å²) in [6.45, 7) is 0. The first-order chi connectivity index (χ1) is 6.86. The molecule has 1 unspecified atom stereocenters. The Hall–Kier alpha value is -0.890. The molecule has 0 aliphatic heterocycles. The van der Waals surface area contributed by atoms with E-state index in [1.807, 2.05) is 24.4 Å². The van der Waals surface area contributed by atoms with Gasteiger partial charge >= 0.3 is 0 Å². The van der Waals surface area contributed by atoms with Crippen LogP contribution in [0, 0.1) is 5.92 Å². The molecule has 2 nitrogen and oxygen atoms in total. The van der Waals surface area contributed by atoms with E-state index in [1.165, 1.54) is 25.7 Å². The molecule has 0 aromatic carbocycles. The van der Waals surface area contributed by atoms with Crippen LogP contribution in [0.3, 0.4) is 0 Å². The highest BCUT2D eigenvalue weighted by molar-refractivity contribution is 5.08. The van der Waals surface area contributed by atoms with Crippen molar-refractivity contribution >= 4 is 0 Å². The molecule has 2 rings (SSSR count). The van der Waals surface area contributed by atoms with Crippen molar-refractivity contribution in [3.8, 4) is 0 Å². The molecule has 1 aromatic heterocycles. The first-order valence-electron chi connectivity index (χ1n) is 5.53. The third-order valence-electron chi connectivity index (χ3n) is 3.13. The van der Waals surface area contributed by atoms with Gasteiger partial charge in [-0.2, -0.15) is 0 Å². The van der Waals surface area contributed by atoms with E-state index in [9.17, 15) is 0 Å². The fourth-order valence-electron chi connectivity index (χ4n) is 2.32. The van der Waals surface area contributed by atoms with Crippen LogP contribution in [0.1, 0.15) is 43.8 Å². The Balaban J connectivity index is 1.92. The maximum Gasteiger partial charge on any atom is 0.0571 e. The Bertz CT molecular complexity index is 265. The third-order valence-corrected chi connectivity index (χ3v) is 3.13. The van der Waals surface area contributed by atoms with Crippen molar-refractivity contribution < 1.29 is 0 Å². The predicted octanol–water partition coefficient (Wildman–Crippen LogP) is 2.66. The fourth-order valence-corrected chi connectivity index (χ4v) is 2.32. The summed E-state index contributed by atoms with van der Waals surface area (Å²) in [7, 11) is 0. The molecule has 2 N–H and O–H groups in total. The van der Waals surface area contributed by atoms with Crippen LogP contribution >= 0.6 is 0 Å². The molecule has 1 aliphatic carbocycles. The Morgan fingerprint density at radius 1 is 1.36 bits per heavy atom. The quantitative estimate of drug-likeness (QED) is 0.795. The van der Waals surface area contributed by atoms with Gasteiger partial charge in [0.1, 0.15) is 0 Å². The lowest BCUT2D eigenvalue weighted by molar-refractivity contribution is 0.446. The van der Waals surface area contributed by atoms with E-state index in [-0.39, 0.29) is 6.04 Å². The Labute approximate surface area is 85.5 Å². The first kappa shape index (κ1) is 9.66. The van der Waals surface area contributed by atoms with Crippen molar-refractivity contribution in [1.29, 1.82) is 0 Å². The predicted molar refractivity (Wildman–Crippen MR) is 57.7 cm³/mol. The summed E-state index contributed by atoms with van der Waals surface area (Å²) in [5.74, 6) is 0.840. The number of nitrogens with two attached hydrogens (primary N) is 1. The summed E-state index contributed by atoms with van der Waals surface area (Å²) in [6, 6.07) is 6.11. The van der Waals surface area contributed by atoms with E-state index in [1.54, 1.807) is 0 Å². The zero-order chi connectivity index (χ0) is 9.80. The van der Waals surface area contributed by atoms with Crippen LogP contribution in [0.4, 0.5) is 0 Å². The topological polar surface area (TPSA) is 38.9 Å². The van der Waals surface area contributed by atoms with Gasteiger partial charge in [0.05, 0.1) is 5.69 Å². The minimum Gasteiger partial charge on any atom is -0.323 e. The zero-order valence-electron chi connectivity index (χ0n) is 8.52. The molecule has 1 saturated carbocycles. The molecular weight excluding hydrogens is 172 g/mol. The minimum absolute atomic E-state index is 0.138. The average Bonchev–Trinajstić information content (AvgIpc) is 2.72. The molecule has 0 spiro atoms. The second-order valence-corrected chi connectivity index (χ2v) is 4.25. The highest BCUT2D eigenvalue weighted by Gasteiger charge is 2.19. The summed E-state index contributed by atoms with van der Waals surface area (Å²) in [6.07, 6.45) is 8.43. The van der Waals surface area contributed by atoms with Gasteiger partial charge in [0.25, 0.3) is 0 Å². The minimum atomic E-state index is 0.138. The average molecular weight is 190 g/mol. The molecule has 0 radical (unpaired) electrons. The van der Waals surface area contributed by atoms with Crippen LogP contribution in [-0.2, 0) is 0 Å². The Kier molecular flexibility index (Phi) is 3.14. The maximum atomic E-state index is 6.11. The van der Waals surface area contributed by atoms with Gasteiger partial charge in [0, 0.05) is 12.2 Å². The van der Waals surface area contributed by atoms with Gasteiger partial charge in [-0.05, 0) is 24.5 Å². The molecule has 1 atom stereocenters. The van der Waals surface area contributed by atoms with Crippen LogP contribution in [0.25, 0.3) is 0 Å². The second kappa shape index (κ2) is 4.56. The van der Waals surface area contributed by atoms with Crippen LogP contribution in [0.5, 0.6) is 0 Å². The number of pyridine rings is 1. The normalized spacial score (nSPS) is 19.8. The number of aromatic nitrogens is 1. The lowest BCUT2D eigenvalue weighted by Crippen LogP contribution is -2.15. The molecule has 0 bridgehead atoms. The number of hydrogen-bond donors (Lipinski definition) is 1. The molecule has 76 valence electrons. The van der Waals surface area contributed by atoms with Crippen molar-refractivity contribution in [3.05, 3.63) is 30.1 Å². The fraction of sp³-hybridized carbons (Fsp3) is 0.583. The summed E-state index contributed by atoms with van der Waals surface area (Å²) >= 11 is 0. The smallest absolute Gasteiger partial charge is 0.0571 e. The van der Waals surface area contributed by atoms with Crippen molar-refractivity contribution in [3.63, 3.8) is 0 Å². The van der Waals surface area contributed by atoms with Crippen LogP contribution in [0.2, 0.25) is 0 Å². The van der Waals surface area contributed by atoms with Gasteiger partial charge in [-0.1, -0.05) is 31.7 Å². The molecule has 14 heavy (non-hydrogen) atoms. The number of rotatable bonds is 3. The summed E-state index contributed by atoms with van der Waals surface area (Å²) < 4.78 is 0. The first-order valence-corrected chi connectivity index (χ1v) is 5.53. The Morgan fingerprint density at radius 3 is 2.79 bits per heavy atom. The van der Waals surface area contributed by atoms with Crippen molar-refractivity contribution in [2.75, 3.05) is 0 Å². The van der Waals surface area contributed by atoms with Gasteiger partial charge in [0.2, 0.25) is 0 Å². The van der Waals surface area contributed by atoms with Gasteiger partial charge in [-0.15, -0.1) is 0 Å². The second-order valence-electron chi connectivity index (χ2n) is 4.25. The van der Waals surface area contributed by atoms with Gasteiger partial charge in [-0.25, -0.2) is 0 Å². The number of nitrogens with zero attached hydrogens (tertiary/aromatic N) is 1. The molecule has 2 heteroatoms. The number of hydrogen-bond acceptors (Lipinski definition) is 2. The van der Waals surface area contributed by atoms with E-state index < -0.39 is 0 Å². The summed E-state index contributed by atoms with van der Waals surface area (Å²) in [4.78, 5) is 4.30. The molecule has 0 amide bonds. The van der Waals surface area contributed by atoms with Gasteiger partial charge in [-0.3, -0.25) is 4.98 Å². The van der Waals surface area contributed by atoms with Crippen LogP contribution in [-0.4, -0.2) is 4.98 Å². The van der Waals surface area contributed by atoms with Crippen molar-refractivity contribution in [2.24, 2.45) is 11.7 Å². The van der Waals surface area contributed by atoms with Crippen molar-refractivity contribution in [1.82, 2.24) is 4.98 Å². The van der Waals surface area contributed by atoms with E-state index >= 15 is 0 Å². The molecule has 1 fully saturated rings. The monoisotopic (exact) mass is 190 g/mol. The lowest BCUT2D eigenvalue weighted by atomic mass is 9.97. The highest BCUT2D eigenvalue weighted by atomic mass is 14.8. The van der Waals surface area contributed by atoms with Crippen molar-refractivity contribution in [2.45, 2.75) is 38.1 Å². The van der Waals surface area contributed by atoms with E-state index in [4.69, 9.17) is 5.73 Å². The Morgan fingerprint density at radius 2 is 2.14 bits per heavy atom. The third kappa shape index (κ3) is 2.32. The SMILES string of the molecule is NC(CC1CCCC1)c1ccccn1. The standard InChI is InChI=1S/C12H18N2/c13-11(9-10-5-1-2-6-10)12-7-3-4-8-14-12/h3-4,7-8,10-11H,1-2,5-6,9,13H2. The molecular formula is C12H18N2. The molecule has 0 saturated heterocycles. The van der Waals surface area contributed by atoms with Crippen LogP contribution in [0.15, 0.2) is 24.4 Å². The molecule has 1 heterocycles. The zero-order valence-corrected chi connectivity index (χ0v) is 8.52. The van der Waals surface area contributed by atoms with Gasteiger partial charge in [0.15, 0.2) is 0 Å². The maximum absolute atomic E-state index is 6.11. The van der Waals surface area contributed by atoms with Gasteiger partial charge < -0.3 is 5.73 Å². The lowest BCUT2D eigenvalue weighted by Gasteiger charge is -2.15. The van der Waals surface area contributed by atoms with E-state index in [0.717, 1.165) is 18.0 Å². The van der Waals surface area contributed by atoms with E-state index in [0.29, 0.717) is 0 Å². The molecule has 1 aromatic rings. The molecule has 1 aliphatic rings. The summed E-state index contributed by atoms with van der Waals surface area (Å²) in [5.41, 5.74) is 7.15. The van der Waals surface area contributed by atoms with Crippen LogP contribution < -0.4 is 5.73 Å².